The van der Waals surface area contributed by atoms with E-state index in [0.29, 0.717) is 5.75 Å². The Hall–Kier alpha value is -2.47. The molecule has 5 nitrogen and oxygen atoms in total. The summed E-state index contributed by atoms with van der Waals surface area (Å²) in [7, 11) is 1.63. The lowest BCUT2D eigenvalue weighted by molar-refractivity contribution is -0.118. The van der Waals surface area contributed by atoms with Crippen molar-refractivity contribution in [3.63, 3.8) is 0 Å². The van der Waals surface area contributed by atoms with Crippen molar-refractivity contribution >= 4 is 29.6 Å². The first-order valence-electron chi connectivity index (χ1n) is 9.10. The first-order chi connectivity index (χ1) is 13.2. The number of carbonyl (C=O) groups is 1. The van der Waals surface area contributed by atoms with Crippen molar-refractivity contribution in [2.24, 2.45) is 5.10 Å². The molecular formula is C21H25N3O2S. The lowest BCUT2D eigenvalue weighted by Gasteiger charge is -2.18. The Bertz CT molecular complexity index is 800. The first kappa shape index (κ1) is 19.3. The van der Waals surface area contributed by atoms with Crippen LogP contribution in [0.15, 0.2) is 52.5 Å². The van der Waals surface area contributed by atoms with Gasteiger partial charge in [-0.05, 0) is 67.3 Å². The Labute approximate surface area is 164 Å². The Kier molecular flexibility index (Phi) is 6.76. The van der Waals surface area contributed by atoms with E-state index in [1.54, 1.807) is 13.3 Å². The average Bonchev–Trinajstić information content (AvgIpc) is 3.23. The Morgan fingerprint density at radius 2 is 1.96 bits per heavy atom. The molecule has 0 atom stereocenters. The minimum absolute atomic E-state index is 0.126. The van der Waals surface area contributed by atoms with E-state index in [-0.39, 0.29) is 5.91 Å². The van der Waals surface area contributed by atoms with Crippen LogP contribution in [0.4, 0.5) is 5.69 Å². The predicted octanol–water partition coefficient (Wildman–Crippen LogP) is 3.85. The standard InChI is InChI=1S/C21H25N3O2S/c1-16-13-18(24-11-3-4-12-24)6-5-17(16)14-22-23-21(25)15-27-20-9-7-19(26-2)8-10-20/h5-10,13-14H,3-4,11-12,15H2,1-2H3,(H,23,25)/b22-14+. The fraction of sp³-hybridized carbons (Fsp3) is 0.333. The summed E-state index contributed by atoms with van der Waals surface area (Å²) in [6.07, 6.45) is 4.24. The molecule has 0 aliphatic carbocycles. The van der Waals surface area contributed by atoms with Gasteiger partial charge in [-0.25, -0.2) is 5.43 Å². The highest BCUT2D eigenvalue weighted by molar-refractivity contribution is 8.00. The van der Waals surface area contributed by atoms with Gasteiger partial charge in [-0.15, -0.1) is 11.8 Å². The number of rotatable bonds is 7. The normalized spacial score (nSPS) is 13.9. The number of carbonyl (C=O) groups excluding carboxylic acids is 1. The number of methoxy groups -OCH3 is 1. The van der Waals surface area contributed by atoms with Crippen molar-refractivity contribution in [1.82, 2.24) is 5.43 Å². The van der Waals surface area contributed by atoms with Crippen LogP contribution >= 0.6 is 11.8 Å². The largest absolute Gasteiger partial charge is 0.497 e. The van der Waals surface area contributed by atoms with Crippen LogP contribution < -0.4 is 15.1 Å². The van der Waals surface area contributed by atoms with E-state index >= 15 is 0 Å². The molecule has 1 fully saturated rings. The number of hydrogen-bond donors (Lipinski definition) is 1. The SMILES string of the molecule is COc1ccc(SCC(=O)N/N=C/c2ccc(N3CCCC3)cc2C)cc1. The van der Waals surface area contributed by atoms with E-state index < -0.39 is 0 Å². The molecule has 2 aromatic rings. The van der Waals surface area contributed by atoms with Gasteiger partial charge in [-0.2, -0.15) is 5.10 Å². The summed E-state index contributed by atoms with van der Waals surface area (Å²) in [5.41, 5.74) is 6.03. The van der Waals surface area contributed by atoms with Gasteiger partial charge in [0.15, 0.2) is 0 Å². The number of hydrogen-bond acceptors (Lipinski definition) is 5. The monoisotopic (exact) mass is 383 g/mol. The van der Waals surface area contributed by atoms with Crippen LogP contribution in [-0.2, 0) is 4.79 Å². The minimum atomic E-state index is -0.126. The topological polar surface area (TPSA) is 53.9 Å². The zero-order valence-electron chi connectivity index (χ0n) is 15.8. The van der Waals surface area contributed by atoms with E-state index in [4.69, 9.17) is 4.74 Å². The van der Waals surface area contributed by atoms with Crippen LogP contribution in [0.5, 0.6) is 5.75 Å². The zero-order chi connectivity index (χ0) is 19.1. The molecule has 1 amide bonds. The quantitative estimate of drug-likeness (QED) is 0.448. The van der Waals surface area contributed by atoms with Gasteiger partial charge in [0.05, 0.1) is 19.1 Å². The van der Waals surface area contributed by atoms with Crippen molar-refractivity contribution < 1.29 is 9.53 Å². The lowest BCUT2D eigenvalue weighted by Crippen LogP contribution is -2.19. The fourth-order valence-electron chi connectivity index (χ4n) is 3.00. The minimum Gasteiger partial charge on any atom is -0.497 e. The second kappa shape index (κ2) is 9.46. The maximum atomic E-state index is 12.0. The van der Waals surface area contributed by atoms with Gasteiger partial charge in [-0.3, -0.25) is 4.79 Å². The second-order valence-electron chi connectivity index (χ2n) is 6.49. The van der Waals surface area contributed by atoms with Crippen LogP contribution in [0.25, 0.3) is 0 Å². The van der Waals surface area contributed by atoms with Crippen molar-refractivity contribution in [3.8, 4) is 5.75 Å². The summed E-state index contributed by atoms with van der Waals surface area (Å²) in [6.45, 7) is 4.34. The molecule has 1 saturated heterocycles. The number of amides is 1. The van der Waals surface area contributed by atoms with Crippen LogP contribution in [0, 0.1) is 6.92 Å². The molecule has 1 N–H and O–H groups in total. The van der Waals surface area contributed by atoms with E-state index in [0.717, 1.165) is 34.9 Å². The number of ether oxygens (including phenoxy) is 1. The highest BCUT2D eigenvalue weighted by atomic mass is 32.2. The number of nitrogens with zero attached hydrogens (tertiary/aromatic N) is 2. The molecule has 0 saturated carbocycles. The molecule has 0 radical (unpaired) electrons. The van der Waals surface area contributed by atoms with Crippen LogP contribution in [0.2, 0.25) is 0 Å². The molecule has 27 heavy (non-hydrogen) atoms. The Morgan fingerprint density at radius 1 is 1.22 bits per heavy atom. The second-order valence-corrected chi connectivity index (χ2v) is 7.54. The summed E-state index contributed by atoms with van der Waals surface area (Å²) in [5.74, 6) is 0.995. The summed E-state index contributed by atoms with van der Waals surface area (Å²) in [6, 6.07) is 14.0. The molecule has 3 rings (SSSR count). The van der Waals surface area contributed by atoms with Crippen molar-refractivity contribution in [2.75, 3.05) is 30.9 Å². The van der Waals surface area contributed by atoms with Gasteiger partial charge in [0.1, 0.15) is 5.75 Å². The molecule has 1 aliphatic rings. The summed E-state index contributed by atoms with van der Waals surface area (Å²) >= 11 is 1.47. The van der Waals surface area contributed by atoms with Crippen LogP contribution in [-0.4, -0.2) is 38.1 Å². The fourth-order valence-corrected chi connectivity index (χ4v) is 3.69. The molecule has 2 aromatic carbocycles. The number of anilines is 1. The maximum Gasteiger partial charge on any atom is 0.250 e. The summed E-state index contributed by atoms with van der Waals surface area (Å²) in [5, 5.41) is 4.10. The number of hydrazone groups is 1. The van der Waals surface area contributed by atoms with Gasteiger partial charge in [0, 0.05) is 23.7 Å². The maximum absolute atomic E-state index is 12.0. The Balaban J connectivity index is 1.48. The lowest BCUT2D eigenvalue weighted by atomic mass is 10.1. The number of thioether (sulfide) groups is 1. The van der Waals surface area contributed by atoms with Crippen molar-refractivity contribution in [3.05, 3.63) is 53.6 Å². The number of aryl methyl sites for hydroxylation is 1. The summed E-state index contributed by atoms with van der Waals surface area (Å²) < 4.78 is 5.13. The highest BCUT2D eigenvalue weighted by Crippen LogP contribution is 2.23. The molecule has 1 heterocycles. The molecule has 0 bridgehead atoms. The smallest absolute Gasteiger partial charge is 0.250 e. The third-order valence-electron chi connectivity index (χ3n) is 4.55. The molecule has 0 spiro atoms. The number of nitrogens with one attached hydrogen (secondary N) is 1. The van der Waals surface area contributed by atoms with Gasteiger partial charge < -0.3 is 9.64 Å². The highest BCUT2D eigenvalue weighted by Gasteiger charge is 2.12. The third kappa shape index (κ3) is 5.50. The molecule has 1 aliphatic heterocycles. The predicted molar refractivity (Wildman–Crippen MR) is 112 cm³/mol. The average molecular weight is 384 g/mol. The molecule has 0 aromatic heterocycles. The van der Waals surface area contributed by atoms with E-state index in [1.807, 2.05) is 24.3 Å². The summed E-state index contributed by atoms with van der Waals surface area (Å²) in [4.78, 5) is 15.4. The van der Waals surface area contributed by atoms with E-state index in [9.17, 15) is 4.79 Å². The van der Waals surface area contributed by atoms with Crippen LogP contribution in [0.1, 0.15) is 24.0 Å². The zero-order valence-corrected chi connectivity index (χ0v) is 16.6. The molecule has 0 unspecified atom stereocenters. The Morgan fingerprint density at radius 3 is 2.63 bits per heavy atom. The van der Waals surface area contributed by atoms with Gasteiger partial charge in [0.2, 0.25) is 5.91 Å². The van der Waals surface area contributed by atoms with Gasteiger partial charge >= 0.3 is 0 Å². The van der Waals surface area contributed by atoms with Gasteiger partial charge in [-0.1, -0.05) is 6.07 Å². The first-order valence-corrected chi connectivity index (χ1v) is 10.1. The van der Waals surface area contributed by atoms with Gasteiger partial charge in [0.25, 0.3) is 0 Å². The molecular weight excluding hydrogens is 358 g/mol. The molecule has 6 heteroatoms. The number of benzene rings is 2. The van der Waals surface area contributed by atoms with Crippen LogP contribution in [0.3, 0.4) is 0 Å². The van der Waals surface area contributed by atoms with Crippen molar-refractivity contribution in [1.29, 1.82) is 0 Å². The van der Waals surface area contributed by atoms with E-state index in [2.05, 4.69) is 40.5 Å². The molecule has 142 valence electrons. The van der Waals surface area contributed by atoms with E-state index in [1.165, 1.54) is 30.3 Å². The third-order valence-corrected chi connectivity index (χ3v) is 5.56. The van der Waals surface area contributed by atoms with Crippen molar-refractivity contribution in [2.45, 2.75) is 24.7 Å².